The van der Waals surface area contributed by atoms with Crippen LogP contribution in [-0.4, -0.2) is 41.2 Å². The van der Waals surface area contributed by atoms with E-state index in [0.717, 1.165) is 32.4 Å². The lowest BCUT2D eigenvalue weighted by Crippen LogP contribution is -2.45. The third-order valence-corrected chi connectivity index (χ3v) is 6.01. The number of rotatable bonds is 2. The number of carbonyl (C=O) groups is 2. The summed E-state index contributed by atoms with van der Waals surface area (Å²) < 4.78 is 5.18. The molecular weight excluding hydrogens is 324 g/mol. The summed E-state index contributed by atoms with van der Waals surface area (Å²) in [6.07, 6.45) is 3.95. The number of hydrogen-bond donors (Lipinski definition) is 0. The average Bonchev–Trinajstić information content (AvgIpc) is 3.31. The second-order valence-electron chi connectivity index (χ2n) is 6.42. The van der Waals surface area contributed by atoms with Crippen LogP contribution in [0.3, 0.4) is 0 Å². The Bertz CT molecular complexity index is 729. The van der Waals surface area contributed by atoms with Crippen molar-refractivity contribution in [2.45, 2.75) is 25.8 Å². The SMILES string of the molecule is O=C(c1ccco1)N1CCC(C(=O)N2CCc3sccc3C2)CC1. The first kappa shape index (κ1) is 15.4. The summed E-state index contributed by atoms with van der Waals surface area (Å²) >= 11 is 1.79. The molecule has 0 radical (unpaired) electrons. The van der Waals surface area contributed by atoms with Gasteiger partial charge in [0.25, 0.3) is 5.91 Å². The van der Waals surface area contributed by atoms with Crippen LogP contribution in [0.25, 0.3) is 0 Å². The number of furan rings is 1. The monoisotopic (exact) mass is 344 g/mol. The van der Waals surface area contributed by atoms with Gasteiger partial charge in [-0.25, -0.2) is 0 Å². The summed E-state index contributed by atoms with van der Waals surface area (Å²) in [4.78, 5) is 30.3. The molecule has 6 heteroatoms. The molecule has 24 heavy (non-hydrogen) atoms. The molecule has 5 nitrogen and oxygen atoms in total. The lowest BCUT2D eigenvalue weighted by atomic mass is 9.94. The molecule has 0 saturated carbocycles. The van der Waals surface area contributed by atoms with Gasteiger partial charge in [-0.2, -0.15) is 0 Å². The molecule has 0 N–H and O–H groups in total. The molecule has 2 aliphatic rings. The van der Waals surface area contributed by atoms with Crippen molar-refractivity contribution in [3.63, 3.8) is 0 Å². The molecule has 4 rings (SSSR count). The van der Waals surface area contributed by atoms with E-state index in [1.807, 2.05) is 4.90 Å². The van der Waals surface area contributed by atoms with E-state index in [4.69, 9.17) is 4.42 Å². The van der Waals surface area contributed by atoms with Crippen molar-refractivity contribution in [2.75, 3.05) is 19.6 Å². The Morgan fingerprint density at radius 2 is 1.96 bits per heavy atom. The predicted octanol–water partition coefficient (Wildman–Crippen LogP) is 2.78. The first-order valence-corrected chi connectivity index (χ1v) is 9.27. The minimum Gasteiger partial charge on any atom is -0.459 e. The Hall–Kier alpha value is -2.08. The van der Waals surface area contributed by atoms with Gasteiger partial charge in [0, 0.05) is 37.0 Å². The minimum atomic E-state index is -0.0770. The molecule has 2 aromatic heterocycles. The van der Waals surface area contributed by atoms with Crippen LogP contribution in [0.15, 0.2) is 34.3 Å². The average molecular weight is 344 g/mol. The number of fused-ring (bicyclic) bond motifs is 1. The highest BCUT2D eigenvalue weighted by molar-refractivity contribution is 7.10. The van der Waals surface area contributed by atoms with Crippen LogP contribution >= 0.6 is 11.3 Å². The first-order valence-electron chi connectivity index (χ1n) is 8.39. The molecule has 1 saturated heterocycles. The van der Waals surface area contributed by atoms with Gasteiger partial charge in [-0.3, -0.25) is 9.59 Å². The molecule has 0 atom stereocenters. The Labute approximate surface area is 144 Å². The topological polar surface area (TPSA) is 53.8 Å². The predicted molar refractivity (Wildman–Crippen MR) is 90.8 cm³/mol. The van der Waals surface area contributed by atoms with Crippen LogP contribution in [0.1, 0.15) is 33.8 Å². The Morgan fingerprint density at radius 3 is 2.71 bits per heavy atom. The molecular formula is C18H20N2O3S. The summed E-state index contributed by atoms with van der Waals surface area (Å²) in [7, 11) is 0. The van der Waals surface area contributed by atoms with E-state index in [1.165, 1.54) is 16.7 Å². The van der Waals surface area contributed by atoms with Gasteiger partial charge < -0.3 is 14.2 Å². The highest BCUT2D eigenvalue weighted by Gasteiger charge is 2.32. The molecule has 2 aliphatic heterocycles. The molecule has 4 heterocycles. The molecule has 126 valence electrons. The van der Waals surface area contributed by atoms with Crippen molar-refractivity contribution < 1.29 is 14.0 Å². The van der Waals surface area contributed by atoms with Crippen molar-refractivity contribution in [2.24, 2.45) is 5.92 Å². The molecule has 2 aromatic rings. The number of piperidine rings is 1. The van der Waals surface area contributed by atoms with Crippen molar-refractivity contribution in [3.05, 3.63) is 46.0 Å². The second kappa shape index (κ2) is 6.43. The van der Waals surface area contributed by atoms with Gasteiger partial charge in [0.2, 0.25) is 5.91 Å². The lowest BCUT2D eigenvalue weighted by Gasteiger charge is -2.35. The van der Waals surface area contributed by atoms with Gasteiger partial charge in [-0.15, -0.1) is 11.3 Å². The van der Waals surface area contributed by atoms with Crippen LogP contribution in [0, 0.1) is 5.92 Å². The molecule has 0 aromatic carbocycles. The van der Waals surface area contributed by atoms with Gasteiger partial charge >= 0.3 is 0 Å². The van der Waals surface area contributed by atoms with Crippen LogP contribution < -0.4 is 0 Å². The van der Waals surface area contributed by atoms with Crippen LogP contribution in [0.2, 0.25) is 0 Å². The molecule has 0 aliphatic carbocycles. The lowest BCUT2D eigenvalue weighted by molar-refractivity contribution is -0.137. The van der Waals surface area contributed by atoms with Gasteiger partial charge in [0.1, 0.15) is 0 Å². The van der Waals surface area contributed by atoms with E-state index in [1.54, 1.807) is 28.4 Å². The molecule has 2 amide bonds. The first-order chi connectivity index (χ1) is 11.7. The standard InChI is InChI=1S/C18H20N2O3S/c21-17(20-9-5-16-14(12-20)6-11-24-16)13-3-7-19(8-4-13)18(22)15-2-1-10-23-15/h1-2,6,10-11,13H,3-5,7-9,12H2. The molecule has 1 fully saturated rings. The number of nitrogens with zero attached hydrogens (tertiary/aromatic N) is 2. The summed E-state index contributed by atoms with van der Waals surface area (Å²) in [5.74, 6) is 0.579. The fourth-order valence-corrected chi connectivity index (χ4v) is 4.47. The van der Waals surface area contributed by atoms with Gasteiger partial charge in [-0.05, 0) is 48.4 Å². The maximum Gasteiger partial charge on any atom is 0.289 e. The number of amides is 2. The van der Waals surface area contributed by atoms with Crippen LogP contribution in [-0.2, 0) is 17.8 Å². The Balaban J connectivity index is 1.34. The highest BCUT2D eigenvalue weighted by atomic mass is 32.1. The number of likely N-dealkylation sites (tertiary alicyclic amines) is 1. The third kappa shape index (κ3) is 2.86. The maximum atomic E-state index is 12.8. The quantitative estimate of drug-likeness (QED) is 0.842. The van der Waals surface area contributed by atoms with Crippen molar-refractivity contribution >= 4 is 23.2 Å². The van der Waals surface area contributed by atoms with E-state index < -0.39 is 0 Å². The number of carbonyl (C=O) groups excluding carboxylic acids is 2. The molecule has 0 spiro atoms. The Kier molecular flexibility index (Phi) is 4.14. The van der Waals surface area contributed by atoms with Crippen molar-refractivity contribution in [3.8, 4) is 0 Å². The summed E-state index contributed by atoms with van der Waals surface area (Å²) in [6, 6.07) is 5.54. The molecule has 0 unspecified atom stereocenters. The van der Waals surface area contributed by atoms with E-state index in [9.17, 15) is 9.59 Å². The third-order valence-electron chi connectivity index (χ3n) is 4.98. The van der Waals surface area contributed by atoms with Crippen LogP contribution in [0.5, 0.6) is 0 Å². The zero-order valence-corrected chi connectivity index (χ0v) is 14.3. The van der Waals surface area contributed by atoms with E-state index in [0.29, 0.717) is 18.8 Å². The second-order valence-corrected chi connectivity index (χ2v) is 7.42. The number of thiophene rings is 1. The van der Waals surface area contributed by atoms with Gasteiger partial charge in [0.15, 0.2) is 5.76 Å². The van der Waals surface area contributed by atoms with Crippen LogP contribution in [0.4, 0.5) is 0 Å². The zero-order valence-electron chi connectivity index (χ0n) is 13.4. The minimum absolute atomic E-state index is 0.0332. The highest BCUT2D eigenvalue weighted by Crippen LogP contribution is 2.27. The fraction of sp³-hybridized carbons (Fsp3) is 0.444. The molecule has 0 bridgehead atoms. The normalized spacial score (nSPS) is 18.5. The van der Waals surface area contributed by atoms with Crippen molar-refractivity contribution in [1.82, 2.24) is 9.80 Å². The smallest absolute Gasteiger partial charge is 0.289 e. The van der Waals surface area contributed by atoms with Gasteiger partial charge in [0.05, 0.1) is 6.26 Å². The van der Waals surface area contributed by atoms with Crippen molar-refractivity contribution in [1.29, 1.82) is 0 Å². The van der Waals surface area contributed by atoms with Gasteiger partial charge in [-0.1, -0.05) is 0 Å². The maximum absolute atomic E-state index is 12.8. The Morgan fingerprint density at radius 1 is 1.12 bits per heavy atom. The number of hydrogen-bond acceptors (Lipinski definition) is 4. The van der Waals surface area contributed by atoms with E-state index >= 15 is 0 Å². The van der Waals surface area contributed by atoms with E-state index in [2.05, 4.69) is 11.4 Å². The zero-order chi connectivity index (χ0) is 16.5. The summed E-state index contributed by atoms with van der Waals surface area (Å²) in [5.41, 5.74) is 1.30. The summed E-state index contributed by atoms with van der Waals surface area (Å²) in [5, 5.41) is 2.11. The largest absolute Gasteiger partial charge is 0.459 e. The fourth-order valence-electron chi connectivity index (χ4n) is 3.58. The summed E-state index contributed by atoms with van der Waals surface area (Å²) in [6.45, 7) is 2.79. The van der Waals surface area contributed by atoms with E-state index in [-0.39, 0.29) is 17.7 Å².